The fourth-order valence-electron chi connectivity index (χ4n) is 1.85. The van der Waals surface area contributed by atoms with Gasteiger partial charge in [-0.3, -0.25) is 0 Å². The van der Waals surface area contributed by atoms with Crippen LogP contribution in [0.1, 0.15) is 27.2 Å². The lowest BCUT2D eigenvalue weighted by Crippen LogP contribution is -2.18. The Balaban J connectivity index is 2.77. The fourth-order valence-corrected chi connectivity index (χ4v) is 1.85. The van der Waals surface area contributed by atoms with Gasteiger partial charge < -0.3 is 10.1 Å². The first kappa shape index (κ1) is 17.2. The highest BCUT2D eigenvalue weighted by molar-refractivity contribution is 5.30. The molecule has 0 aliphatic rings. The number of benzene rings is 1. The van der Waals surface area contributed by atoms with E-state index in [0.29, 0.717) is 5.92 Å². The van der Waals surface area contributed by atoms with E-state index in [0.717, 1.165) is 24.2 Å². The molecule has 1 aromatic rings. The molecule has 0 aliphatic heterocycles. The number of hydrogen-bond donors (Lipinski definition) is 1. The third-order valence-electron chi connectivity index (χ3n) is 3.35. The molecule has 116 valence electrons. The molecule has 21 heavy (non-hydrogen) atoms. The summed E-state index contributed by atoms with van der Waals surface area (Å²) in [5, 5.41) is 3.21. The molecule has 0 saturated carbocycles. The Morgan fingerprint density at radius 3 is 2.48 bits per heavy atom. The van der Waals surface area contributed by atoms with Crippen LogP contribution in [-0.4, -0.2) is 13.2 Å². The summed E-state index contributed by atoms with van der Waals surface area (Å²) in [5.74, 6) is -1.41. The van der Waals surface area contributed by atoms with Crippen LogP contribution in [0.2, 0.25) is 0 Å². The van der Waals surface area contributed by atoms with Crippen molar-refractivity contribution in [2.24, 2.45) is 5.92 Å². The monoisotopic (exact) mass is 295 g/mol. The molecule has 1 aromatic carbocycles. The van der Waals surface area contributed by atoms with Crippen molar-refractivity contribution in [3.8, 4) is 5.75 Å². The molecule has 0 amide bonds. The summed E-state index contributed by atoms with van der Waals surface area (Å²) in [4.78, 5) is 0. The van der Waals surface area contributed by atoms with Gasteiger partial charge in [-0.25, -0.2) is 8.78 Å². The van der Waals surface area contributed by atoms with Crippen molar-refractivity contribution in [3.63, 3.8) is 0 Å². The van der Waals surface area contributed by atoms with Crippen molar-refractivity contribution in [2.75, 3.05) is 13.2 Å². The van der Waals surface area contributed by atoms with E-state index in [1.54, 1.807) is 6.08 Å². The lowest BCUT2D eigenvalue weighted by Gasteiger charge is -2.17. The zero-order valence-corrected chi connectivity index (χ0v) is 12.9. The topological polar surface area (TPSA) is 21.3 Å². The van der Waals surface area contributed by atoms with Gasteiger partial charge in [-0.1, -0.05) is 26.5 Å². The predicted octanol–water partition coefficient (Wildman–Crippen LogP) is 4.44. The summed E-state index contributed by atoms with van der Waals surface area (Å²) in [5.41, 5.74) is 1.83. The molecule has 4 heteroatoms. The summed E-state index contributed by atoms with van der Waals surface area (Å²) in [7, 11) is 0. The fraction of sp³-hybridized carbons (Fsp3) is 0.412. The van der Waals surface area contributed by atoms with Crippen molar-refractivity contribution in [3.05, 3.63) is 53.8 Å². The highest BCUT2D eigenvalue weighted by Gasteiger charge is 2.11. The Hall–Kier alpha value is -1.84. The van der Waals surface area contributed by atoms with Crippen LogP contribution in [0.5, 0.6) is 5.75 Å². The van der Waals surface area contributed by atoms with Crippen molar-refractivity contribution in [1.29, 1.82) is 0 Å². The van der Waals surface area contributed by atoms with Gasteiger partial charge in [-0.15, -0.1) is 0 Å². The molecule has 0 bridgehead atoms. The van der Waals surface area contributed by atoms with E-state index in [2.05, 4.69) is 25.7 Å². The van der Waals surface area contributed by atoms with Crippen LogP contribution in [0.3, 0.4) is 0 Å². The molecule has 0 radical (unpaired) electrons. The molecule has 0 aliphatic carbocycles. The van der Waals surface area contributed by atoms with Crippen LogP contribution in [0.15, 0.2) is 42.1 Å². The predicted molar refractivity (Wildman–Crippen MR) is 82.2 cm³/mol. The second kappa shape index (κ2) is 8.45. The summed E-state index contributed by atoms with van der Waals surface area (Å²) in [6, 6.07) is 3.65. The third-order valence-corrected chi connectivity index (χ3v) is 3.35. The maximum atomic E-state index is 13.4. The van der Waals surface area contributed by atoms with Crippen LogP contribution in [0.4, 0.5) is 8.78 Å². The standard InChI is InChI=1S/C17H23F2NO/c1-5-12(3)13(4)16(20-6-2)10-11-21-17-14(18)8-7-9-15(17)19/h7-10,12,20H,4-6,11H2,1-3H3/b16-10+. The van der Waals surface area contributed by atoms with E-state index in [-0.39, 0.29) is 12.4 Å². The number of para-hydroxylation sites is 1. The maximum absolute atomic E-state index is 13.4. The number of likely N-dealkylation sites (N-methyl/N-ethyl adjacent to an activating group) is 1. The van der Waals surface area contributed by atoms with E-state index in [1.165, 1.54) is 18.2 Å². The van der Waals surface area contributed by atoms with Gasteiger partial charge in [-0.2, -0.15) is 0 Å². The summed E-state index contributed by atoms with van der Waals surface area (Å²) in [6.45, 7) is 11.1. The average Bonchev–Trinajstić information content (AvgIpc) is 2.47. The second-order valence-corrected chi connectivity index (χ2v) is 4.84. The number of allylic oxidation sites excluding steroid dienone is 1. The highest BCUT2D eigenvalue weighted by atomic mass is 19.1. The van der Waals surface area contributed by atoms with Gasteiger partial charge in [0.25, 0.3) is 0 Å². The van der Waals surface area contributed by atoms with Gasteiger partial charge in [0, 0.05) is 12.2 Å². The van der Waals surface area contributed by atoms with Gasteiger partial charge in [0.2, 0.25) is 0 Å². The molecule has 0 fully saturated rings. The maximum Gasteiger partial charge on any atom is 0.191 e. The molecule has 1 atom stereocenters. The van der Waals surface area contributed by atoms with E-state index in [4.69, 9.17) is 4.74 Å². The second-order valence-electron chi connectivity index (χ2n) is 4.84. The first-order chi connectivity index (χ1) is 10.0. The Kier molecular flexibility index (Phi) is 6.92. The SMILES string of the molecule is C=C(/C(=C\COc1c(F)cccc1F)NCC)C(C)CC. The molecular formula is C17H23F2NO. The van der Waals surface area contributed by atoms with Crippen LogP contribution in [0, 0.1) is 17.6 Å². The zero-order valence-electron chi connectivity index (χ0n) is 12.9. The molecule has 1 unspecified atom stereocenters. The average molecular weight is 295 g/mol. The normalized spacial score (nSPS) is 12.9. The largest absolute Gasteiger partial charge is 0.483 e. The molecule has 1 rings (SSSR count). The van der Waals surface area contributed by atoms with E-state index >= 15 is 0 Å². The van der Waals surface area contributed by atoms with Crippen LogP contribution >= 0.6 is 0 Å². The lowest BCUT2D eigenvalue weighted by atomic mass is 9.97. The molecule has 1 N–H and O–H groups in total. The molecule has 0 saturated heterocycles. The molecule has 0 heterocycles. The van der Waals surface area contributed by atoms with Crippen LogP contribution < -0.4 is 10.1 Å². The zero-order chi connectivity index (χ0) is 15.8. The van der Waals surface area contributed by atoms with Crippen molar-refractivity contribution < 1.29 is 13.5 Å². The molecular weight excluding hydrogens is 272 g/mol. The van der Waals surface area contributed by atoms with Crippen LogP contribution in [0.25, 0.3) is 0 Å². The summed E-state index contributed by atoms with van der Waals surface area (Å²) >= 11 is 0. The van der Waals surface area contributed by atoms with Crippen LogP contribution in [-0.2, 0) is 0 Å². The van der Waals surface area contributed by atoms with Gasteiger partial charge in [0.15, 0.2) is 17.4 Å². The first-order valence-electron chi connectivity index (χ1n) is 7.21. The third kappa shape index (κ3) is 4.88. The van der Waals surface area contributed by atoms with Gasteiger partial charge in [0.1, 0.15) is 6.61 Å². The Morgan fingerprint density at radius 2 is 1.95 bits per heavy atom. The Morgan fingerprint density at radius 1 is 1.33 bits per heavy atom. The summed E-state index contributed by atoms with van der Waals surface area (Å²) in [6.07, 6.45) is 2.74. The van der Waals surface area contributed by atoms with Gasteiger partial charge in [0.05, 0.1) is 0 Å². The number of nitrogens with one attached hydrogen (secondary N) is 1. The quantitative estimate of drug-likeness (QED) is 0.716. The van der Waals surface area contributed by atoms with E-state index in [9.17, 15) is 8.78 Å². The van der Waals surface area contributed by atoms with Gasteiger partial charge >= 0.3 is 0 Å². The molecule has 0 spiro atoms. The number of ether oxygens (including phenoxy) is 1. The smallest absolute Gasteiger partial charge is 0.191 e. The van der Waals surface area contributed by atoms with Crippen molar-refractivity contribution in [2.45, 2.75) is 27.2 Å². The van der Waals surface area contributed by atoms with Crippen molar-refractivity contribution >= 4 is 0 Å². The minimum atomic E-state index is -0.700. The lowest BCUT2D eigenvalue weighted by molar-refractivity contribution is 0.319. The van der Waals surface area contributed by atoms with E-state index in [1.807, 2.05) is 6.92 Å². The minimum Gasteiger partial charge on any atom is -0.483 e. The molecule has 0 aromatic heterocycles. The number of hydrogen-bond acceptors (Lipinski definition) is 2. The van der Waals surface area contributed by atoms with Gasteiger partial charge in [-0.05, 0) is 43.0 Å². The Bertz CT molecular complexity index is 491. The molecule has 2 nitrogen and oxygen atoms in total. The Labute approximate surface area is 125 Å². The number of halogens is 2. The van der Waals surface area contributed by atoms with Crippen molar-refractivity contribution in [1.82, 2.24) is 5.32 Å². The highest BCUT2D eigenvalue weighted by Crippen LogP contribution is 2.22. The first-order valence-corrected chi connectivity index (χ1v) is 7.21. The minimum absolute atomic E-state index is 0.0790. The number of rotatable bonds is 8. The summed E-state index contributed by atoms with van der Waals surface area (Å²) < 4.78 is 32.1. The van der Waals surface area contributed by atoms with E-state index < -0.39 is 11.6 Å².